The highest BCUT2D eigenvalue weighted by Crippen LogP contribution is 2.25. The maximum absolute atomic E-state index is 13.2. The van der Waals surface area contributed by atoms with Gasteiger partial charge >= 0.3 is 0 Å². The number of para-hydroxylation sites is 1. The van der Waals surface area contributed by atoms with Crippen molar-refractivity contribution in [1.29, 1.82) is 0 Å². The van der Waals surface area contributed by atoms with Crippen LogP contribution in [0.4, 0.5) is 5.69 Å². The largest absolute Gasteiger partial charge is 0.338 e. The number of nitrogens with one attached hydrogen (secondary N) is 1. The van der Waals surface area contributed by atoms with E-state index in [4.69, 9.17) is 0 Å². The van der Waals surface area contributed by atoms with Gasteiger partial charge in [0.2, 0.25) is 0 Å². The number of carbonyl (C=O) groups excluding carboxylic acids is 2. The van der Waals surface area contributed by atoms with Crippen LogP contribution in [-0.2, 0) is 0 Å². The Morgan fingerprint density at radius 3 is 2.50 bits per heavy atom. The van der Waals surface area contributed by atoms with E-state index < -0.39 is 0 Å². The molecule has 2 aromatic heterocycles. The molecule has 0 radical (unpaired) electrons. The van der Waals surface area contributed by atoms with Gasteiger partial charge in [-0.1, -0.05) is 26.0 Å². The molecule has 0 saturated carbocycles. The Morgan fingerprint density at radius 1 is 1.07 bits per heavy atom. The molecule has 1 aliphatic rings. The average molecular weight is 406 g/mol. The molecule has 1 aromatic carbocycles. The van der Waals surface area contributed by atoms with Crippen LogP contribution in [0.15, 0.2) is 36.5 Å². The number of nitrogens with zero attached hydrogens (tertiary/aromatic N) is 4. The van der Waals surface area contributed by atoms with Gasteiger partial charge in [-0.2, -0.15) is 5.10 Å². The van der Waals surface area contributed by atoms with Crippen LogP contribution in [0.5, 0.6) is 0 Å². The average Bonchev–Trinajstić information content (AvgIpc) is 3.11. The third kappa shape index (κ3) is 3.79. The van der Waals surface area contributed by atoms with Gasteiger partial charge < -0.3 is 10.2 Å². The van der Waals surface area contributed by atoms with Crippen LogP contribution in [0, 0.1) is 25.7 Å². The first-order chi connectivity index (χ1) is 14.3. The second-order valence-electron chi connectivity index (χ2n) is 8.49. The Kier molecular flexibility index (Phi) is 5.28. The summed E-state index contributed by atoms with van der Waals surface area (Å²) in [5.41, 5.74) is 3.61. The van der Waals surface area contributed by atoms with E-state index >= 15 is 0 Å². The minimum atomic E-state index is -0.330. The van der Waals surface area contributed by atoms with Crippen molar-refractivity contribution < 1.29 is 9.59 Å². The normalized spacial score (nSPS) is 19.1. The molecule has 1 N–H and O–H groups in total. The number of fused-ring (bicyclic) bond motifs is 1. The SMILES string of the molecule is Cc1cc(C)n2ncc(C(=O)Nc3ccccc3C(=O)N3CC(C)CC(C)C3)c2n1. The highest BCUT2D eigenvalue weighted by molar-refractivity contribution is 6.11. The van der Waals surface area contributed by atoms with E-state index in [0.717, 1.165) is 30.9 Å². The van der Waals surface area contributed by atoms with Crippen LogP contribution in [0.25, 0.3) is 5.65 Å². The van der Waals surface area contributed by atoms with Crippen LogP contribution < -0.4 is 5.32 Å². The lowest BCUT2D eigenvalue weighted by molar-refractivity contribution is 0.0624. The molecular weight excluding hydrogens is 378 g/mol. The number of carbonyl (C=O) groups is 2. The number of piperidine rings is 1. The van der Waals surface area contributed by atoms with Gasteiger partial charge in [-0.25, -0.2) is 9.50 Å². The topological polar surface area (TPSA) is 79.6 Å². The fourth-order valence-electron chi connectivity index (χ4n) is 4.40. The molecular formula is C23H27N5O2. The summed E-state index contributed by atoms with van der Waals surface area (Å²) in [5, 5.41) is 7.19. The maximum atomic E-state index is 13.2. The summed E-state index contributed by atoms with van der Waals surface area (Å²) in [6, 6.07) is 9.08. The van der Waals surface area contributed by atoms with Gasteiger partial charge in [0.15, 0.2) is 5.65 Å². The molecule has 1 fully saturated rings. The molecule has 3 heterocycles. The molecule has 1 saturated heterocycles. The molecule has 0 spiro atoms. The lowest BCUT2D eigenvalue weighted by atomic mass is 9.91. The fourth-order valence-corrected chi connectivity index (χ4v) is 4.40. The second kappa shape index (κ2) is 7.89. The number of hydrogen-bond acceptors (Lipinski definition) is 4. The first-order valence-electron chi connectivity index (χ1n) is 10.3. The van der Waals surface area contributed by atoms with Gasteiger partial charge in [0.1, 0.15) is 5.56 Å². The quantitative estimate of drug-likeness (QED) is 0.720. The summed E-state index contributed by atoms with van der Waals surface area (Å²) < 4.78 is 1.65. The summed E-state index contributed by atoms with van der Waals surface area (Å²) in [4.78, 5) is 32.6. The Hall–Kier alpha value is -3.22. The minimum absolute atomic E-state index is 0.0472. The predicted molar refractivity (Wildman–Crippen MR) is 116 cm³/mol. The molecule has 7 nitrogen and oxygen atoms in total. The summed E-state index contributed by atoms with van der Waals surface area (Å²) >= 11 is 0. The van der Waals surface area contributed by atoms with Gasteiger partial charge in [0, 0.05) is 24.5 Å². The van der Waals surface area contributed by atoms with Crippen molar-refractivity contribution in [2.24, 2.45) is 11.8 Å². The molecule has 3 aromatic rings. The fraction of sp³-hybridized carbons (Fsp3) is 0.391. The summed E-state index contributed by atoms with van der Waals surface area (Å²) in [7, 11) is 0. The Morgan fingerprint density at radius 2 is 1.77 bits per heavy atom. The third-order valence-corrected chi connectivity index (χ3v) is 5.58. The molecule has 2 unspecified atom stereocenters. The molecule has 4 rings (SSSR count). The van der Waals surface area contributed by atoms with E-state index in [-0.39, 0.29) is 11.8 Å². The van der Waals surface area contributed by atoms with Crippen molar-refractivity contribution >= 4 is 23.1 Å². The smallest absolute Gasteiger partial charge is 0.261 e. The Balaban J connectivity index is 1.62. The van der Waals surface area contributed by atoms with E-state index in [1.807, 2.05) is 36.9 Å². The number of benzene rings is 1. The molecule has 1 aliphatic heterocycles. The minimum Gasteiger partial charge on any atom is -0.338 e. The van der Waals surface area contributed by atoms with E-state index in [2.05, 4.69) is 29.2 Å². The van der Waals surface area contributed by atoms with Crippen LogP contribution in [-0.4, -0.2) is 44.4 Å². The third-order valence-electron chi connectivity index (χ3n) is 5.58. The molecule has 7 heteroatoms. The van der Waals surface area contributed by atoms with E-state index in [0.29, 0.717) is 34.3 Å². The second-order valence-corrected chi connectivity index (χ2v) is 8.49. The maximum Gasteiger partial charge on any atom is 0.261 e. The van der Waals surface area contributed by atoms with Crippen molar-refractivity contribution in [1.82, 2.24) is 19.5 Å². The van der Waals surface area contributed by atoms with E-state index in [9.17, 15) is 9.59 Å². The molecule has 30 heavy (non-hydrogen) atoms. The molecule has 0 aliphatic carbocycles. The van der Waals surface area contributed by atoms with E-state index in [1.54, 1.807) is 16.6 Å². The van der Waals surface area contributed by atoms with Crippen LogP contribution in [0.3, 0.4) is 0 Å². The number of likely N-dealkylation sites (tertiary alicyclic amines) is 1. The number of aryl methyl sites for hydroxylation is 2. The first kappa shape index (κ1) is 20.1. The monoisotopic (exact) mass is 405 g/mol. The number of amides is 2. The van der Waals surface area contributed by atoms with Crippen molar-refractivity contribution in [3.05, 3.63) is 59.0 Å². The van der Waals surface area contributed by atoms with Gasteiger partial charge in [0.05, 0.1) is 17.4 Å². The van der Waals surface area contributed by atoms with Crippen molar-refractivity contribution in [2.45, 2.75) is 34.1 Å². The van der Waals surface area contributed by atoms with Crippen LogP contribution >= 0.6 is 0 Å². The zero-order valence-electron chi connectivity index (χ0n) is 17.8. The Labute approximate surface area is 176 Å². The number of rotatable bonds is 3. The number of anilines is 1. The zero-order valence-corrected chi connectivity index (χ0v) is 17.8. The van der Waals surface area contributed by atoms with Gasteiger partial charge in [0.25, 0.3) is 11.8 Å². The highest BCUT2D eigenvalue weighted by Gasteiger charge is 2.28. The summed E-state index contributed by atoms with van der Waals surface area (Å²) in [6.07, 6.45) is 2.64. The lowest BCUT2D eigenvalue weighted by Crippen LogP contribution is -2.42. The van der Waals surface area contributed by atoms with Crippen LogP contribution in [0.2, 0.25) is 0 Å². The number of aromatic nitrogens is 3. The lowest BCUT2D eigenvalue weighted by Gasteiger charge is -2.35. The first-order valence-corrected chi connectivity index (χ1v) is 10.3. The molecule has 0 bridgehead atoms. The Bertz CT molecular complexity index is 1110. The van der Waals surface area contributed by atoms with Crippen molar-refractivity contribution in [2.75, 3.05) is 18.4 Å². The van der Waals surface area contributed by atoms with Gasteiger partial charge in [-0.05, 0) is 50.3 Å². The van der Waals surface area contributed by atoms with Gasteiger partial charge in [-0.3, -0.25) is 9.59 Å². The molecule has 2 atom stereocenters. The van der Waals surface area contributed by atoms with Gasteiger partial charge in [-0.15, -0.1) is 0 Å². The van der Waals surface area contributed by atoms with Crippen molar-refractivity contribution in [3.8, 4) is 0 Å². The summed E-state index contributed by atoms with van der Waals surface area (Å²) in [5.74, 6) is 0.559. The molecule has 156 valence electrons. The zero-order chi connectivity index (χ0) is 21.4. The van der Waals surface area contributed by atoms with Crippen LogP contribution in [0.1, 0.15) is 52.4 Å². The van der Waals surface area contributed by atoms with E-state index in [1.165, 1.54) is 6.20 Å². The standard InChI is InChI=1S/C23H27N5O2/c1-14-9-15(2)13-27(12-14)23(30)18-7-5-6-8-20(18)26-22(29)19-11-24-28-17(4)10-16(3)25-21(19)28/h5-8,10-11,14-15H,9,12-13H2,1-4H3,(H,26,29). The predicted octanol–water partition coefficient (Wildman–Crippen LogP) is 3.72. The molecule has 2 amide bonds. The van der Waals surface area contributed by atoms with Crippen molar-refractivity contribution in [3.63, 3.8) is 0 Å². The summed E-state index contributed by atoms with van der Waals surface area (Å²) in [6.45, 7) is 9.63. The highest BCUT2D eigenvalue weighted by atomic mass is 16.2. The number of hydrogen-bond donors (Lipinski definition) is 1.